The van der Waals surface area contributed by atoms with Crippen molar-refractivity contribution in [1.29, 1.82) is 0 Å². The first kappa shape index (κ1) is 18.1. The summed E-state index contributed by atoms with van der Waals surface area (Å²) < 4.78 is 12.4. The Balaban J connectivity index is 2.79. The highest BCUT2D eigenvalue weighted by molar-refractivity contribution is 9.10. The van der Waals surface area contributed by atoms with E-state index in [0.29, 0.717) is 17.4 Å². The lowest BCUT2D eigenvalue weighted by atomic mass is 10.3. The van der Waals surface area contributed by atoms with Gasteiger partial charge in [0.1, 0.15) is 5.75 Å². The maximum absolute atomic E-state index is 6.14. The Morgan fingerprint density at radius 3 is 2.74 bits per heavy atom. The maximum Gasteiger partial charge on any atom is 0.298 e. The number of hydrogen-bond acceptors (Lipinski definition) is 5. The fourth-order valence-corrected chi connectivity index (χ4v) is 8.74. The molecule has 0 aliphatic heterocycles. The van der Waals surface area contributed by atoms with Gasteiger partial charge in [-0.1, -0.05) is 34.5 Å². The molecule has 0 N–H and O–H groups in total. The van der Waals surface area contributed by atoms with E-state index >= 15 is 0 Å². The van der Waals surface area contributed by atoms with E-state index in [1.54, 1.807) is 35.3 Å². The van der Waals surface area contributed by atoms with Crippen molar-refractivity contribution in [3.8, 4) is 5.75 Å². The number of halogens is 2. The second-order valence-electron chi connectivity index (χ2n) is 3.27. The SMILES string of the molecule is CCOP(=S)(Oc1ccc(Br)cc1Cl)SCSCC. The van der Waals surface area contributed by atoms with E-state index in [-0.39, 0.29) is 0 Å². The van der Waals surface area contributed by atoms with Crippen LogP contribution >= 0.6 is 56.4 Å². The Labute approximate surface area is 141 Å². The van der Waals surface area contributed by atoms with Crippen LogP contribution in [0.25, 0.3) is 0 Å². The highest BCUT2D eigenvalue weighted by atomic mass is 79.9. The van der Waals surface area contributed by atoms with Crippen LogP contribution in [-0.4, -0.2) is 17.4 Å². The van der Waals surface area contributed by atoms with Gasteiger partial charge >= 0.3 is 0 Å². The van der Waals surface area contributed by atoms with Crippen LogP contribution in [0.4, 0.5) is 0 Å². The molecule has 108 valence electrons. The molecule has 0 radical (unpaired) electrons. The summed E-state index contributed by atoms with van der Waals surface area (Å²) in [6, 6.07) is 5.46. The second-order valence-corrected chi connectivity index (χ2v) is 12.5. The summed E-state index contributed by atoms with van der Waals surface area (Å²) in [5, 5.41) is 1.40. The third-order valence-electron chi connectivity index (χ3n) is 1.89. The molecule has 0 spiro atoms. The zero-order valence-electron chi connectivity index (χ0n) is 10.6. The van der Waals surface area contributed by atoms with Crippen molar-refractivity contribution < 1.29 is 9.05 Å². The van der Waals surface area contributed by atoms with E-state index in [4.69, 9.17) is 32.5 Å². The fourth-order valence-electron chi connectivity index (χ4n) is 1.10. The Morgan fingerprint density at radius 1 is 1.42 bits per heavy atom. The summed E-state index contributed by atoms with van der Waals surface area (Å²) in [6.07, 6.45) is 0. The number of benzene rings is 1. The summed E-state index contributed by atoms with van der Waals surface area (Å²) in [6.45, 7) is 4.57. The van der Waals surface area contributed by atoms with E-state index in [9.17, 15) is 0 Å². The van der Waals surface area contributed by atoms with E-state index in [1.807, 2.05) is 13.0 Å². The molecule has 0 aromatic heterocycles. The van der Waals surface area contributed by atoms with Crippen molar-refractivity contribution in [2.45, 2.75) is 13.8 Å². The summed E-state index contributed by atoms with van der Waals surface area (Å²) >= 11 is 18.4. The number of thioether (sulfide) groups is 1. The van der Waals surface area contributed by atoms with Gasteiger partial charge in [-0.15, -0.1) is 0 Å². The molecule has 0 aliphatic carbocycles. The quantitative estimate of drug-likeness (QED) is 0.282. The van der Waals surface area contributed by atoms with Crippen molar-refractivity contribution in [2.75, 3.05) is 17.4 Å². The molecule has 0 amide bonds. The Kier molecular flexibility index (Phi) is 8.77. The normalized spacial score (nSPS) is 14.1. The zero-order chi connectivity index (χ0) is 14.3. The Hall–Kier alpha value is 1.10. The van der Waals surface area contributed by atoms with E-state index in [0.717, 1.165) is 15.3 Å². The first-order chi connectivity index (χ1) is 9.00. The molecule has 1 rings (SSSR count). The monoisotopic (exact) mass is 420 g/mol. The van der Waals surface area contributed by atoms with Crippen molar-refractivity contribution in [3.63, 3.8) is 0 Å². The van der Waals surface area contributed by atoms with Gasteiger partial charge in [-0.3, -0.25) is 0 Å². The number of rotatable bonds is 8. The van der Waals surface area contributed by atoms with E-state index in [1.165, 1.54) is 0 Å². The summed E-state index contributed by atoms with van der Waals surface area (Å²) in [4.78, 5) is 0. The summed E-state index contributed by atoms with van der Waals surface area (Å²) in [5.41, 5.74) is -2.38. The molecule has 1 aromatic rings. The molecule has 1 aromatic carbocycles. The van der Waals surface area contributed by atoms with Gasteiger partial charge in [-0.2, -0.15) is 11.8 Å². The first-order valence-corrected chi connectivity index (χ1v) is 12.2. The van der Waals surface area contributed by atoms with Crippen LogP contribution in [0.5, 0.6) is 5.75 Å². The van der Waals surface area contributed by atoms with Crippen LogP contribution in [-0.2, 0) is 16.3 Å². The largest absolute Gasteiger partial charge is 0.435 e. The third kappa shape index (κ3) is 6.60. The second kappa shape index (κ2) is 9.19. The molecule has 0 saturated carbocycles. The minimum atomic E-state index is -2.38. The van der Waals surface area contributed by atoms with Crippen molar-refractivity contribution in [1.82, 2.24) is 0 Å². The van der Waals surface area contributed by atoms with Gasteiger partial charge in [0, 0.05) is 9.56 Å². The predicted octanol–water partition coefficient (Wildman–Crippen LogP) is 6.19. The predicted molar refractivity (Wildman–Crippen MR) is 96.3 cm³/mol. The zero-order valence-corrected chi connectivity index (χ0v) is 16.3. The lowest BCUT2D eigenvalue weighted by molar-refractivity contribution is 0.344. The van der Waals surface area contributed by atoms with Gasteiger partial charge in [0.25, 0.3) is 5.69 Å². The van der Waals surface area contributed by atoms with E-state index in [2.05, 4.69) is 22.9 Å². The average molecular weight is 422 g/mol. The highest BCUT2D eigenvalue weighted by Gasteiger charge is 2.22. The van der Waals surface area contributed by atoms with Crippen LogP contribution < -0.4 is 4.52 Å². The van der Waals surface area contributed by atoms with Crippen molar-refractivity contribution >= 4 is 68.2 Å². The molecule has 0 heterocycles. The van der Waals surface area contributed by atoms with Crippen LogP contribution in [0, 0.1) is 0 Å². The molecule has 0 aliphatic rings. The van der Waals surface area contributed by atoms with Crippen LogP contribution in [0.15, 0.2) is 22.7 Å². The molecule has 0 bridgehead atoms. The first-order valence-electron chi connectivity index (χ1n) is 5.62. The standard InChI is InChI=1S/C11H15BrClO2PS3/c1-3-14-16(17,19-8-18-4-2)15-11-6-5-9(12)7-10(11)13/h5-7H,3-4,8H2,1-2H3. The summed E-state index contributed by atoms with van der Waals surface area (Å²) in [7, 11) is 0. The van der Waals surface area contributed by atoms with Crippen molar-refractivity contribution in [3.05, 3.63) is 27.7 Å². The Morgan fingerprint density at radius 2 is 2.16 bits per heavy atom. The molecular formula is C11H15BrClO2PS3. The average Bonchev–Trinajstić information content (AvgIpc) is 2.34. The lowest BCUT2D eigenvalue weighted by Gasteiger charge is -2.22. The lowest BCUT2D eigenvalue weighted by Crippen LogP contribution is -1.96. The topological polar surface area (TPSA) is 18.5 Å². The maximum atomic E-state index is 6.14. The molecule has 0 fully saturated rings. The van der Waals surface area contributed by atoms with Crippen molar-refractivity contribution in [2.24, 2.45) is 0 Å². The molecule has 8 heteroatoms. The fraction of sp³-hybridized carbons (Fsp3) is 0.455. The smallest absolute Gasteiger partial charge is 0.298 e. The third-order valence-corrected chi connectivity index (χ3v) is 9.41. The van der Waals surface area contributed by atoms with Gasteiger partial charge in [-0.05, 0) is 54.1 Å². The van der Waals surface area contributed by atoms with Gasteiger partial charge in [0.05, 0.1) is 11.6 Å². The van der Waals surface area contributed by atoms with Gasteiger partial charge < -0.3 is 9.05 Å². The molecule has 1 atom stereocenters. The van der Waals surface area contributed by atoms with Crippen LogP contribution in [0.2, 0.25) is 5.02 Å². The Bertz CT molecular complexity index is 462. The number of hydrogen-bond donors (Lipinski definition) is 0. The van der Waals surface area contributed by atoms with E-state index < -0.39 is 5.69 Å². The molecular weight excluding hydrogens is 407 g/mol. The molecule has 2 nitrogen and oxygen atoms in total. The molecule has 0 saturated heterocycles. The minimum absolute atomic E-state index is 0.534. The van der Waals surface area contributed by atoms with Crippen LogP contribution in [0.1, 0.15) is 13.8 Å². The minimum Gasteiger partial charge on any atom is -0.435 e. The van der Waals surface area contributed by atoms with Gasteiger partial charge in [0.15, 0.2) is 0 Å². The molecule has 1 unspecified atom stereocenters. The van der Waals surface area contributed by atoms with Gasteiger partial charge in [-0.25, -0.2) is 0 Å². The molecule has 19 heavy (non-hydrogen) atoms. The van der Waals surface area contributed by atoms with Gasteiger partial charge in [0.2, 0.25) is 0 Å². The summed E-state index contributed by atoms with van der Waals surface area (Å²) in [5.74, 6) is 1.63. The highest BCUT2D eigenvalue weighted by Crippen LogP contribution is 2.61. The van der Waals surface area contributed by atoms with Crippen LogP contribution in [0.3, 0.4) is 0 Å².